The number of hydrogen-bond donors (Lipinski definition) is 1. The van der Waals surface area contributed by atoms with Gasteiger partial charge in [-0.2, -0.15) is 0 Å². The number of halogens is 2. The molecule has 13 heavy (non-hydrogen) atoms. The van der Waals surface area contributed by atoms with Crippen molar-refractivity contribution in [2.75, 3.05) is 7.11 Å². The molecule has 1 aromatic rings. The van der Waals surface area contributed by atoms with Crippen molar-refractivity contribution in [2.24, 2.45) is 0 Å². The molecule has 72 valence electrons. The molecule has 0 fully saturated rings. The highest BCUT2D eigenvalue weighted by Gasteiger charge is 2.08. The Labute approximate surface area is 87.0 Å². The molecule has 4 heteroatoms. The molecule has 0 aliphatic carbocycles. The van der Waals surface area contributed by atoms with E-state index in [-0.39, 0.29) is 0 Å². The molecule has 1 atom stereocenters. The van der Waals surface area contributed by atoms with E-state index in [4.69, 9.17) is 27.9 Å². The van der Waals surface area contributed by atoms with Crippen molar-refractivity contribution < 1.29 is 9.84 Å². The molecule has 0 amide bonds. The Morgan fingerprint density at radius 3 is 2.77 bits per heavy atom. The van der Waals surface area contributed by atoms with Crippen LogP contribution in [-0.4, -0.2) is 18.5 Å². The Morgan fingerprint density at radius 2 is 2.15 bits per heavy atom. The van der Waals surface area contributed by atoms with E-state index in [1.807, 2.05) is 0 Å². The molecule has 0 spiro atoms. The van der Waals surface area contributed by atoms with Crippen LogP contribution in [0.25, 0.3) is 0 Å². The molecule has 0 aliphatic heterocycles. The van der Waals surface area contributed by atoms with Crippen molar-refractivity contribution in [1.29, 1.82) is 0 Å². The second-order valence-corrected chi connectivity index (χ2v) is 3.39. The fraction of sp³-hybridized carbons (Fsp3) is 0.333. The monoisotopic (exact) mass is 220 g/mol. The van der Waals surface area contributed by atoms with Crippen LogP contribution in [0.1, 0.15) is 5.56 Å². The van der Waals surface area contributed by atoms with Gasteiger partial charge in [0, 0.05) is 13.5 Å². The lowest BCUT2D eigenvalue weighted by atomic mass is 10.1. The zero-order valence-electron chi connectivity index (χ0n) is 7.13. The molecule has 0 radical (unpaired) electrons. The Kier molecular flexibility index (Phi) is 4.00. The van der Waals surface area contributed by atoms with Crippen molar-refractivity contribution in [3.8, 4) is 0 Å². The van der Waals surface area contributed by atoms with Crippen molar-refractivity contribution in [3.63, 3.8) is 0 Å². The third-order valence-electron chi connectivity index (χ3n) is 1.70. The summed E-state index contributed by atoms with van der Waals surface area (Å²) in [4.78, 5) is 0. The van der Waals surface area contributed by atoms with Crippen LogP contribution in [0.5, 0.6) is 0 Å². The normalized spacial score (nSPS) is 12.9. The summed E-state index contributed by atoms with van der Waals surface area (Å²) in [6.07, 6.45) is -0.494. The van der Waals surface area contributed by atoms with Crippen LogP contribution in [0.2, 0.25) is 10.0 Å². The molecule has 0 aromatic heterocycles. The Bertz CT molecular complexity index is 289. The first-order valence-electron chi connectivity index (χ1n) is 3.79. The van der Waals surface area contributed by atoms with E-state index >= 15 is 0 Å². The molecule has 0 bridgehead atoms. The molecular weight excluding hydrogens is 211 g/mol. The summed E-state index contributed by atoms with van der Waals surface area (Å²) in [5.41, 5.74) is 0.781. The molecule has 0 aliphatic rings. The summed E-state index contributed by atoms with van der Waals surface area (Å²) >= 11 is 11.7. The van der Waals surface area contributed by atoms with E-state index in [2.05, 4.69) is 0 Å². The lowest BCUT2D eigenvalue weighted by Gasteiger charge is -2.10. The number of rotatable bonds is 3. The van der Waals surface area contributed by atoms with Crippen LogP contribution >= 0.6 is 23.2 Å². The SMILES string of the molecule is COC(O)Cc1cccc(Cl)c1Cl. The Morgan fingerprint density at radius 1 is 1.46 bits per heavy atom. The first kappa shape index (κ1) is 10.8. The summed E-state index contributed by atoms with van der Waals surface area (Å²) in [5.74, 6) is 0. The topological polar surface area (TPSA) is 29.5 Å². The van der Waals surface area contributed by atoms with Crippen molar-refractivity contribution in [2.45, 2.75) is 12.7 Å². The van der Waals surface area contributed by atoms with Crippen LogP contribution in [0.4, 0.5) is 0 Å². The number of ether oxygens (including phenoxy) is 1. The molecule has 0 heterocycles. The summed E-state index contributed by atoms with van der Waals surface area (Å²) in [5, 5.41) is 10.2. The first-order chi connectivity index (χ1) is 6.15. The van der Waals surface area contributed by atoms with Crippen LogP contribution in [0, 0.1) is 0 Å². The van der Waals surface area contributed by atoms with Gasteiger partial charge in [-0.1, -0.05) is 35.3 Å². The van der Waals surface area contributed by atoms with Crippen molar-refractivity contribution in [3.05, 3.63) is 33.8 Å². The minimum absolute atomic E-state index is 0.343. The Hall–Kier alpha value is -0.280. The maximum absolute atomic E-state index is 9.20. The third-order valence-corrected chi connectivity index (χ3v) is 2.56. The summed E-state index contributed by atoms with van der Waals surface area (Å²) < 4.78 is 4.70. The quantitative estimate of drug-likeness (QED) is 0.794. The van der Waals surface area contributed by atoms with Gasteiger partial charge in [0.25, 0.3) is 0 Å². The highest BCUT2D eigenvalue weighted by Crippen LogP contribution is 2.26. The summed E-state index contributed by atoms with van der Waals surface area (Å²) in [6.45, 7) is 0. The number of aliphatic hydroxyl groups is 1. The van der Waals surface area contributed by atoms with Gasteiger partial charge in [0.05, 0.1) is 10.0 Å². The minimum atomic E-state index is -0.837. The van der Waals surface area contributed by atoms with Gasteiger partial charge in [0.1, 0.15) is 0 Å². The second-order valence-electron chi connectivity index (χ2n) is 2.61. The van der Waals surface area contributed by atoms with Crippen LogP contribution in [0.15, 0.2) is 18.2 Å². The maximum Gasteiger partial charge on any atom is 0.158 e. The number of aliphatic hydroxyl groups excluding tert-OH is 1. The fourth-order valence-corrected chi connectivity index (χ4v) is 1.37. The smallest absolute Gasteiger partial charge is 0.158 e. The number of benzene rings is 1. The molecule has 1 unspecified atom stereocenters. The van der Waals surface area contributed by atoms with Gasteiger partial charge >= 0.3 is 0 Å². The number of methoxy groups -OCH3 is 1. The standard InChI is InChI=1S/C9H10Cl2O2/c1-13-8(12)5-6-3-2-4-7(10)9(6)11/h2-4,8,12H,5H2,1H3. The van der Waals surface area contributed by atoms with Gasteiger partial charge < -0.3 is 9.84 Å². The summed E-state index contributed by atoms with van der Waals surface area (Å²) in [7, 11) is 1.43. The Balaban J connectivity index is 2.83. The van der Waals surface area contributed by atoms with Crippen LogP contribution < -0.4 is 0 Å². The van der Waals surface area contributed by atoms with Crippen molar-refractivity contribution >= 4 is 23.2 Å². The number of hydrogen-bond acceptors (Lipinski definition) is 2. The largest absolute Gasteiger partial charge is 0.368 e. The van der Waals surface area contributed by atoms with E-state index in [0.717, 1.165) is 5.56 Å². The predicted octanol–water partition coefficient (Wildman–Crippen LogP) is 2.50. The lowest BCUT2D eigenvalue weighted by molar-refractivity contribution is -0.0720. The molecule has 1 aromatic carbocycles. The van der Waals surface area contributed by atoms with E-state index in [1.165, 1.54) is 7.11 Å². The van der Waals surface area contributed by atoms with Gasteiger partial charge in [0.2, 0.25) is 0 Å². The van der Waals surface area contributed by atoms with Crippen molar-refractivity contribution in [1.82, 2.24) is 0 Å². The average Bonchev–Trinajstić information content (AvgIpc) is 2.13. The fourth-order valence-electron chi connectivity index (χ4n) is 0.978. The second kappa shape index (κ2) is 4.82. The predicted molar refractivity (Wildman–Crippen MR) is 53.2 cm³/mol. The molecule has 0 saturated heterocycles. The first-order valence-corrected chi connectivity index (χ1v) is 4.54. The molecule has 1 N–H and O–H groups in total. The van der Waals surface area contributed by atoms with E-state index in [9.17, 15) is 5.11 Å². The van der Waals surface area contributed by atoms with Gasteiger partial charge in [-0.25, -0.2) is 0 Å². The van der Waals surface area contributed by atoms with Gasteiger partial charge in [-0.3, -0.25) is 0 Å². The average molecular weight is 221 g/mol. The van der Waals surface area contributed by atoms with E-state index < -0.39 is 6.29 Å². The summed E-state index contributed by atoms with van der Waals surface area (Å²) in [6, 6.07) is 5.29. The highest BCUT2D eigenvalue weighted by atomic mass is 35.5. The maximum atomic E-state index is 9.20. The third kappa shape index (κ3) is 2.85. The van der Waals surface area contributed by atoms with E-state index in [1.54, 1.807) is 18.2 Å². The van der Waals surface area contributed by atoms with Crippen LogP contribution in [0.3, 0.4) is 0 Å². The van der Waals surface area contributed by atoms with Gasteiger partial charge in [-0.15, -0.1) is 0 Å². The van der Waals surface area contributed by atoms with Gasteiger partial charge in [0.15, 0.2) is 6.29 Å². The zero-order chi connectivity index (χ0) is 9.84. The zero-order valence-corrected chi connectivity index (χ0v) is 8.64. The molecular formula is C9H10Cl2O2. The van der Waals surface area contributed by atoms with E-state index in [0.29, 0.717) is 16.5 Å². The molecule has 2 nitrogen and oxygen atoms in total. The van der Waals surface area contributed by atoms with Crippen LogP contribution in [-0.2, 0) is 11.2 Å². The molecule has 1 rings (SSSR count). The van der Waals surface area contributed by atoms with Gasteiger partial charge in [-0.05, 0) is 11.6 Å². The molecule has 0 saturated carbocycles. The minimum Gasteiger partial charge on any atom is -0.368 e. The lowest BCUT2D eigenvalue weighted by Crippen LogP contribution is -2.12. The highest BCUT2D eigenvalue weighted by molar-refractivity contribution is 6.42.